The lowest BCUT2D eigenvalue weighted by molar-refractivity contribution is -0.116. The van der Waals surface area contributed by atoms with E-state index in [0.717, 1.165) is 36.1 Å². The minimum absolute atomic E-state index is 0.0438. The van der Waals surface area contributed by atoms with Gasteiger partial charge in [0.25, 0.3) is 0 Å². The zero-order valence-electron chi connectivity index (χ0n) is 15.4. The number of nitrogens with zero attached hydrogens (tertiary/aromatic N) is 3. The number of amides is 1. The molecule has 1 saturated heterocycles. The Bertz CT molecular complexity index is 725. The number of carbonyl (C=O) groups excluding carboxylic acids is 1. The lowest BCUT2D eigenvalue weighted by Crippen LogP contribution is -2.33. The second-order valence-electron chi connectivity index (χ2n) is 6.83. The Hall–Kier alpha value is -2.63. The lowest BCUT2D eigenvalue weighted by Gasteiger charge is -2.31. The van der Waals surface area contributed by atoms with Gasteiger partial charge in [0.05, 0.1) is 7.11 Å². The molecule has 1 aromatic carbocycles. The summed E-state index contributed by atoms with van der Waals surface area (Å²) in [5.74, 6) is 2.99. The molecule has 0 radical (unpaired) electrons. The number of hydrogen-bond donors (Lipinski definition) is 1. The molecule has 0 atom stereocenters. The van der Waals surface area contributed by atoms with Crippen molar-refractivity contribution in [2.24, 2.45) is 5.92 Å². The van der Waals surface area contributed by atoms with Crippen LogP contribution in [-0.4, -0.2) is 36.1 Å². The van der Waals surface area contributed by atoms with Crippen molar-refractivity contribution in [2.75, 3.05) is 30.4 Å². The van der Waals surface area contributed by atoms with Gasteiger partial charge in [-0.3, -0.25) is 4.79 Å². The molecule has 1 aromatic heterocycles. The van der Waals surface area contributed by atoms with Gasteiger partial charge in [0.2, 0.25) is 5.91 Å². The third-order valence-electron chi connectivity index (χ3n) is 4.83. The van der Waals surface area contributed by atoms with Gasteiger partial charge in [0.1, 0.15) is 23.7 Å². The average Bonchev–Trinajstić information content (AvgIpc) is 2.67. The molecule has 0 saturated carbocycles. The summed E-state index contributed by atoms with van der Waals surface area (Å²) in [4.78, 5) is 23.0. The van der Waals surface area contributed by atoms with Gasteiger partial charge >= 0.3 is 0 Å². The van der Waals surface area contributed by atoms with E-state index in [0.29, 0.717) is 18.7 Å². The first kappa shape index (κ1) is 18.2. The zero-order chi connectivity index (χ0) is 18.4. The highest BCUT2D eigenvalue weighted by atomic mass is 16.5. The molecule has 6 heteroatoms. The largest absolute Gasteiger partial charge is 0.497 e. The number of methoxy groups -OCH3 is 1. The molecule has 26 heavy (non-hydrogen) atoms. The van der Waals surface area contributed by atoms with Crippen LogP contribution >= 0.6 is 0 Å². The first-order valence-corrected chi connectivity index (χ1v) is 9.14. The standard InChI is InChI=1S/C20H26N4O2/c1-15-9-11-24(12-10-15)19-13-18(21-14-22-19)23-20(25)8-5-16-3-6-17(26-2)7-4-16/h3-4,6-7,13-15H,5,8-12H2,1-2H3,(H,21,22,23,25). The Morgan fingerprint density at radius 2 is 1.96 bits per heavy atom. The number of nitrogens with one attached hydrogen (secondary N) is 1. The van der Waals surface area contributed by atoms with Crippen molar-refractivity contribution in [3.8, 4) is 5.75 Å². The molecule has 1 aliphatic rings. The number of rotatable bonds is 6. The third kappa shape index (κ3) is 4.94. The Morgan fingerprint density at radius 3 is 2.65 bits per heavy atom. The van der Waals surface area contributed by atoms with Crippen LogP contribution in [0.4, 0.5) is 11.6 Å². The Labute approximate surface area is 154 Å². The summed E-state index contributed by atoms with van der Waals surface area (Å²) in [7, 11) is 1.64. The Kier molecular flexibility index (Phi) is 6.04. The van der Waals surface area contributed by atoms with Crippen LogP contribution in [0.15, 0.2) is 36.7 Å². The van der Waals surface area contributed by atoms with Crippen LogP contribution in [0.2, 0.25) is 0 Å². The van der Waals surface area contributed by atoms with Crippen LogP contribution < -0.4 is 15.0 Å². The molecule has 0 aliphatic carbocycles. The molecule has 1 fully saturated rings. The fourth-order valence-electron chi connectivity index (χ4n) is 3.08. The van der Waals surface area contributed by atoms with Crippen molar-refractivity contribution < 1.29 is 9.53 Å². The number of hydrogen-bond acceptors (Lipinski definition) is 5. The number of carbonyl (C=O) groups is 1. The van der Waals surface area contributed by atoms with E-state index in [4.69, 9.17) is 4.74 Å². The van der Waals surface area contributed by atoms with E-state index in [1.807, 2.05) is 30.3 Å². The maximum Gasteiger partial charge on any atom is 0.225 e. The fraction of sp³-hybridized carbons (Fsp3) is 0.450. The van der Waals surface area contributed by atoms with Crippen molar-refractivity contribution in [2.45, 2.75) is 32.6 Å². The van der Waals surface area contributed by atoms with Crippen LogP contribution in [0.5, 0.6) is 5.75 Å². The van der Waals surface area contributed by atoms with Gasteiger partial charge in [-0.1, -0.05) is 19.1 Å². The molecule has 0 bridgehead atoms. The van der Waals surface area contributed by atoms with E-state index in [2.05, 4.69) is 27.1 Å². The van der Waals surface area contributed by atoms with Crippen molar-refractivity contribution in [1.82, 2.24) is 9.97 Å². The van der Waals surface area contributed by atoms with Gasteiger partial charge in [0, 0.05) is 25.6 Å². The quantitative estimate of drug-likeness (QED) is 0.862. The smallest absolute Gasteiger partial charge is 0.225 e. The average molecular weight is 354 g/mol. The molecule has 0 spiro atoms. The van der Waals surface area contributed by atoms with Gasteiger partial charge in [0.15, 0.2) is 0 Å². The van der Waals surface area contributed by atoms with Crippen LogP contribution in [0.3, 0.4) is 0 Å². The number of piperidine rings is 1. The molecular formula is C20H26N4O2. The van der Waals surface area contributed by atoms with Crippen molar-refractivity contribution in [3.63, 3.8) is 0 Å². The summed E-state index contributed by atoms with van der Waals surface area (Å²) < 4.78 is 5.14. The number of aromatic nitrogens is 2. The summed E-state index contributed by atoms with van der Waals surface area (Å²) in [5, 5.41) is 2.88. The normalized spacial score (nSPS) is 14.9. The predicted molar refractivity (Wildman–Crippen MR) is 103 cm³/mol. The molecule has 2 aromatic rings. The van der Waals surface area contributed by atoms with Crippen molar-refractivity contribution in [3.05, 3.63) is 42.2 Å². The fourth-order valence-corrected chi connectivity index (χ4v) is 3.08. The summed E-state index contributed by atoms with van der Waals surface area (Å²) in [6.45, 7) is 4.29. The van der Waals surface area contributed by atoms with Crippen LogP contribution in [-0.2, 0) is 11.2 Å². The summed E-state index contributed by atoms with van der Waals surface area (Å²) >= 11 is 0. The summed E-state index contributed by atoms with van der Waals surface area (Å²) in [6.07, 6.45) is 4.96. The number of benzene rings is 1. The molecule has 1 amide bonds. The predicted octanol–water partition coefficient (Wildman–Crippen LogP) is 3.29. The monoisotopic (exact) mass is 354 g/mol. The van der Waals surface area contributed by atoms with E-state index in [-0.39, 0.29) is 5.91 Å². The molecule has 0 unspecified atom stereocenters. The van der Waals surface area contributed by atoms with Gasteiger partial charge in [-0.25, -0.2) is 9.97 Å². The number of anilines is 2. The van der Waals surface area contributed by atoms with Crippen LogP contribution in [0.25, 0.3) is 0 Å². The van der Waals surface area contributed by atoms with Gasteiger partial charge < -0.3 is 15.0 Å². The first-order chi connectivity index (χ1) is 12.6. The van der Waals surface area contributed by atoms with E-state index >= 15 is 0 Å². The number of ether oxygens (including phenoxy) is 1. The highest BCUT2D eigenvalue weighted by Crippen LogP contribution is 2.22. The molecule has 1 aliphatic heterocycles. The summed E-state index contributed by atoms with van der Waals surface area (Å²) in [5.41, 5.74) is 1.10. The highest BCUT2D eigenvalue weighted by molar-refractivity contribution is 5.90. The summed E-state index contributed by atoms with van der Waals surface area (Å²) in [6, 6.07) is 9.63. The SMILES string of the molecule is COc1ccc(CCC(=O)Nc2cc(N3CCC(C)CC3)ncn2)cc1. The van der Waals surface area contributed by atoms with Crippen molar-refractivity contribution >= 4 is 17.5 Å². The third-order valence-corrected chi connectivity index (χ3v) is 4.83. The first-order valence-electron chi connectivity index (χ1n) is 9.14. The minimum atomic E-state index is -0.0438. The van der Waals surface area contributed by atoms with E-state index in [1.54, 1.807) is 7.11 Å². The van der Waals surface area contributed by atoms with Crippen molar-refractivity contribution in [1.29, 1.82) is 0 Å². The molecule has 1 N–H and O–H groups in total. The van der Waals surface area contributed by atoms with Crippen LogP contribution in [0, 0.1) is 5.92 Å². The zero-order valence-corrected chi connectivity index (χ0v) is 15.4. The minimum Gasteiger partial charge on any atom is -0.497 e. The second kappa shape index (κ2) is 8.65. The Morgan fingerprint density at radius 1 is 1.23 bits per heavy atom. The van der Waals surface area contributed by atoms with E-state index in [1.165, 1.54) is 19.2 Å². The van der Waals surface area contributed by atoms with Gasteiger partial charge in [-0.05, 0) is 42.9 Å². The molecule has 3 rings (SSSR count). The van der Waals surface area contributed by atoms with E-state index in [9.17, 15) is 4.79 Å². The van der Waals surface area contributed by atoms with Crippen LogP contribution in [0.1, 0.15) is 31.7 Å². The highest BCUT2D eigenvalue weighted by Gasteiger charge is 2.17. The molecule has 6 nitrogen and oxygen atoms in total. The van der Waals surface area contributed by atoms with E-state index < -0.39 is 0 Å². The maximum atomic E-state index is 12.2. The number of aryl methyl sites for hydroxylation is 1. The molecule has 2 heterocycles. The topological polar surface area (TPSA) is 67.3 Å². The van der Waals surface area contributed by atoms with Gasteiger partial charge in [-0.2, -0.15) is 0 Å². The lowest BCUT2D eigenvalue weighted by atomic mass is 9.99. The second-order valence-corrected chi connectivity index (χ2v) is 6.83. The molecular weight excluding hydrogens is 328 g/mol. The maximum absolute atomic E-state index is 12.2. The van der Waals surface area contributed by atoms with Gasteiger partial charge in [-0.15, -0.1) is 0 Å². The molecule has 138 valence electrons. The Balaban J connectivity index is 1.53.